The topological polar surface area (TPSA) is 30.9 Å². The van der Waals surface area contributed by atoms with E-state index in [1.54, 1.807) is 5.92 Å². The molecule has 1 N–H and O–H groups in total. The maximum Gasteiger partial charge on any atom is 0.0583 e. The summed E-state index contributed by atoms with van der Waals surface area (Å²) >= 11 is 0. The summed E-state index contributed by atoms with van der Waals surface area (Å²) in [5.41, 5.74) is 0. The Morgan fingerprint density at radius 2 is 1.67 bits per heavy atom. The number of piperidine rings is 1. The largest absolute Gasteiger partial charge is 0.314 e. The summed E-state index contributed by atoms with van der Waals surface area (Å²) in [7, 11) is 0. The molecule has 2 saturated heterocycles. The number of nitrogens with zero attached hydrogens (tertiary/aromatic N) is 3. The summed E-state index contributed by atoms with van der Waals surface area (Å²) in [6.45, 7) is 9.62. The molecule has 1 unspecified atom stereocenters. The van der Waals surface area contributed by atoms with Crippen LogP contribution in [0.1, 0.15) is 38.5 Å². The highest BCUT2D eigenvalue weighted by Crippen LogP contribution is 2.24. The van der Waals surface area contributed by atoms with E-state index in [1.165, 1.54) is 77.8 Å². The maximum absolute atomic E-state index is 4.83. The number of hydrogen-bond donors (Lipinski definition) is 1. The standard InChI is InChI=1S/C17H31N4/c1-4-10-20(11-5-1)14-16(17-6-2-3-7-19-17)15-21-12-8-18-9-13-21/h7,17-18H,1-6,8-15H2. The van der Waals surface area contributed by atoms with Gasteiger partial charge in [0, 0.05) is 45.2 Å². The molecular weight excluding hydrogens is 260 g/mol. The number of nitrogens with one attached hydrogen (secondary N) is 1. The summed E-state index contributed by atoms with van der Waals surface area (Å²) in [6, 6.07) is 0.496. The van der Waals surface area contributed by atoms with E-state index >= 15 is 0 Å². The number of aliphatic imine (C=N–C) groups is 1. The molecule has 4 nitrogen and oxygen atoms in total. The van der Waals surface area contributed by atoms with Crippen molar-refractivity contribution in [2.75, 3.05) is 52.4 Å². The van der Waals surface area contributed by atoms with Crippen molar-refractivity contribution in [3.63, 3.8) is 0 Å². The molecule has 3 rings (SSSR count). The van der Waals surface area contributed by atoms with Crippen molar-refractivity contribution in [1.82, 2.24) is 15.1 Å². The Balaban J connectivity index is 1.58. The molecule has 3 aliphatic heterocycles. The van der Waals surface area contributed by atoms with Crippen molar-refractivity contribution in [2.24, 2.45) is 4.99 Å². The molecule has 21 heavy (non-hydrogen) atoms. The van der Waals surface area contributed by atoms with Crippen LogP contribution >= 0.6 is 0 Å². The first-order valence-electron chi connectivity index (χ1n) is 8.93. The Morgan fingerprint density at radius 3 is 2.33 bits per heavy atom. The molecule has 1 atom stereocenters. The van der Waals surface area contributed by atoms with Crippen LogP contribution in [0.5, 0.6) is 0 Å². The normalized spacial score (nSPS) is 29.1. The Kier molecular flexibility index (Phi) is 6.07. The monoisotopic (exact) mass is 291 g/mol. The summed E-state index contributed by atoms with van der Waals surface area (Å²) < 4.78 is 0. The summed E-state index contributed by atoms with van der Waals surface area (Å²) in [4.78, 5) is 10.1. The van der Waals surface area contributed by atoms with E-state index in [1.807, 2.05) is 0 Å². The average Bonchev–Trinajstić information content (AvgIpc) is 2.57. The highest BCUT2D eigenvalue weighted by Gasteiger charge is 2.28. The van der Waals surface area contributed by atoms with Gasteiger partial charge >= 0.3 is 0 Å². The minimum atomic E-state index is 0.496. The van der Waals surface area contributed by atoms with E-state index in [-0.39, 0.29) is 0 Å². The van der Waals surface area contributed by atoms with Gasteiger partial charge in [0.05, 0.1) is 6.04 Å². The molecule has 3 aliphatic rings. The number of piperazine rings is 1. The predicted octanol–water partition coefficient (Wildman–Crippen LogP) is 1.58. The zero-order valence-electron chi connectivity index (χ0n) is 13.4. The molecule has 2 fully saturated rings. The molecule has 0 aromatic carbocycles. The van der Waals surface area contributed by atoms with Crippen LogP contribution in [0.3, 0.4) is 0 Å². The van der Waals surface area contributed by atoms with E-state index in [9.17, 15) is 0 Å². The van der Waals surface area contributed by atoms with Crippen molar-refractivity contribution in [2.45, 2.75) is 44.6 Å². The van der Waals surface area contributed by atoms with Crippen LogP contribution in [0.25, 0.3) is 0 Å². The fourth-order valence-corrected chi connectivity index (χ4v) is 3.81. The van der Waals surface area contributed by atoms with E-state index in [0.717, 1.165) is 13.1 Å². The van der Waals surface area contributed by atoms with Crippen LogP contribution in [0.15, 0.2) is 4.99 Å². The number of rotatable bonds is 5. The first kappa shape index (κ1) is 15.4. The van der Waals surface area contributed by atoms with Gasteiger partial charge in [0.2, 0.25) is 0 Å². The molecule has 0 aromatic rings. The first-order valence-corrected chi connectivity index (χ1v) is 8.93. The van der Waals surface area contributed by atoms with Crippen LogP contribution in [0.4, 0.5) is 0 Å². The lowest BCUT2D eigenvalue weighted by atomic mass is 9.91. The second-order valence-corrected chi connectivity index (χ2v) is 6.80. The van der Waals surface area contributed by atoms with E-state index < -0.39 is 0 Å². The van der Waals surface area contributed by atoms with Gasteiger partial charge in [-0.05, 0) is 51.4 Å². The van der Waals surface area contributed by atoms with Gasteiger partial charge in [0.25, 0.3) is 0 Å². The first-order chi connectivity index (χ1) is 10.4. The van der Waals surface area contributed by atoms with Crippen LogP contribution in [-0.2, 0) is 0 Å². The van der Waals surface area contributed by atoms with Crippen LogP contribution in [-0.4, -0.2) is 74.4 Å². The lowest BCUT2D eigenvalue weighted by Gasteiger charge is -2.37. The van der Waals surface area contributed by atoms with Crippen molar-refractivity contribution in [1.29, 1.82) is 0 Å². The third-order valence-corrected chi connectivity index (χ3v) is 5.08. The molecule has 4 heteroatoms. The van der Waals surface area contributed by atoms with E-state index in [4.69, 9.17) is 4.99 Å². The molecular formula is C17H31N4. The maximum atomic E-state index is 4.83. The minimum Gasteiger partial charge on any atom is -0.314 e. The van der Waals surface area contributed by atoms with E-state index in [0.29, 0.717) is 6.04 Å². The Morgan fingerprint density at radius 1 is 0.952 bits per heavy atom. The van der Waals surface area contributed by atoms with Crippen molar-refractivity contribution in [3.8, 4) is 0 Å². The summed E-state index contributed by atoms with van der Waals surface area (Å²) in [6.07, 6.45) is 10.1. The molecule has 0 amide bonds. The average molecular weight is 291 g/mol. The summed E-state index contributed by atoms with van der Waals surface area (Å²) in [5, 5.41) is 3.46. The third-order valence-electron chi connectivity index (χ3n) is 5.08. The quantitative estimate of drug-likeness (QED) is 0.834. The van der Waals surface area contributed by atoms with Gasteiger partial charge < -0.3 is 15.1 Å². The van der Waals surface area contributed by atoms with Crippen molar-refractivity contribution < 1.29 is 0 Å². The lowest BCUT2D eigenvalue weighted by molar-refractivity contribution is 0.196. The fourth-order valence-electron chi connectivity index (χ4n) is 3.81. The second-order valence-electron chi connectivity index (χ2n) is 6.80. The van der Waals surface area contributed by atoms with Gasteiger partial charge in [-0.3, -0.25) is 4.99 Å². The van der Waals surface area contributed by atoms with Gasteiger partial charge in [-0.15, -0.1) is 0 Å². The zero-order chi connectivity index (χ0) is 14.3. The van der Waals surface area contributed by atoms with E-state index in [2.05, 4.69) is 21.3 Å². The third kappa shape index (κ3) is 4.76. The van der Waals surface area contributed by atoms with Gasteiger partial charge in [0.15, 0.2) is 0 Å². The molecule has 119 valence electrons. The van der Waals surface area contributed by atoms with Gasteiger partial charge in [-0.25, -0.2) is 0 Å². The molecule has 0 aromatic heterocycles. The van der Waals surface area contributed by atoms with Gasteiger partial charge in [-0.1, -0.05) is 6.42 Å². The van der Waals surface area contributed by atoms with Gasteiger partial charge in [-0.2, -0.15) is 0 Å². The highest BCUT2D eigenvalue weighted by molar-refractivity contribution is 5.58. The zero-order valence-corrected chi connectivity index (χ0v) is 13.4. The molecule has 0 aliphatic carbocycles. The number of hydrogen-bond acceptors (Lipinski definition) is 4. The molecule has 0 spiro atoms. The van der Waals surface area contributed by atoms with Crippen LogP contribution < -0.4 is 5.32 Å². The molecule has 0 saturated carbocycles. The minimum absolute atomic E-state index is 0.496. The molecule has 1 radical (unpaired) electrons. The highest BCUT2D eigenvalue weighted by atomic mass is 15.2. The van der Waals surface area contributed by atoms with Gasteiger partial charge in [0.1, 0.15) is 0 Å². The SMILES string of the molecule is C1=NC([C](CN2CCCCC2)CN2CCNCC2)CCC1. The Labute approximate surface area is 130 Å². The smallest absolute Gasteiger partial charge is 0.0583 e. The molecule has 0 bridgehead atoms. The van der Waals surface area contributed by atoms with Crippen molar-refractivity contribution >= 4 is 6.21 Å². The van der Waals surface area contributed by atoms with Crippen LogP contribution in [0.2, 0.25) is 0 Å². The predicted molar refractivity (Wildman–Crippen MR) is 89.0 cm³/mol. The Bertz CT molecular complexity index is 299. The number of likely N-dealkylation sites (tertiary alicyclic amines) is 1. The van der Waals surface area contributed by atoms with Crippen molar-refractivity contribution in [3.05, 3.63) is 5.92 Å². The Hall–Kier alpha value is -0.450. The summed E-state index contributed by atoms with van der Waals surface area (Å²) in [5.74, 6) is 1.68. The molecule has 3 heterocycles. The second kappa shape index (κ2) is 8.25. The lowest BCUT2D eigenvalue weighted by Crippen LogP contribution is -2.48. The van der Waals surface area contributed by atoms with Crippen LogP contribution in [0, 0.1) is 5.92 Å². The fraction of sp³-hybridized carbons (Fsp3) is 0.882.